The molecule has 0 saturated heterocycles. The highest BCUT2D eigenvalue weighted by atomic mass is 16.6. The minimum Gasteiger partial charge on any atom is -0.494 e. The van der Waals surface area contributed by atoms with E-state index in [0.29, 0.717) is 19.0 Å². The van der Waals surface area contributed by atoms with Gasteiger partial charge in [0.2, 0.25) is 0 Å². The average molecular weight is 336 g/mol. The van der Waals surface area contributed by atoms with Crippen LogP contribution in [0.3, 0.4) is 0 Å². The molecule has 0 aliphatic rings. The van der Waals surface area contributed by atoms with Crippen LogP contribution in [0.1, 0.15) is 18.4 Å². The molecular weight excluding hydrogens is 308 g/mol. The summed E-state index contributed by atoms with van der Waals surface area (Å²) in [7, 11) is 5.79. The van der Waals surface area contributed by atoms with E-state index in [1.54, 1.807) is 7.05 Å². The van der Waals surface area contributed by atoms with E-state index < -0.39 is 4.92 Å². The molecule has 0 aliphatic carbocycles. The van der Waals surface area contributed by atoms with Crippen LogP contribution in [0, 0.1) is 10.1 Å². The van der Waals surface area contributed by atoms with Crippen LogP contribution in [0.5, 0.6) is 5.75 Å². The van der Waals surface area contributed by atoms with Gasteiger partial charge in [-0.1, -0.05) is 12.1 Å². The van der Waals surface area contributed by atoms with E-state index in [9.17, 15) is 10.1 Å². The lowest BCUT2D eigenvalue weighted by Crippen LogP contribution is -2.26. The molecule has 7 nitrogen and oxygen atoms in total. The van der Waals surface area contributed by atoms with E-state index in [2.05, 4.69) is 41.8 Å². The van der Waals surface area contributed by atoms with Crippen molar-refractivity contribution in [1.29, 1.82) is 0 Å². The molecule has 0 atom stereocenters. The van der Waals surface area contributed by atoms with Crippen LogP contribution in [0.4, 0.5) is 0 Å². The molecule has 7 heteroatoms. The maximum absolute atomic E-state index is 10.4. The van der Waals surface area contributed by atoms with E-state index in [-0.39, 0.29) is 0 Å². The molecule has 0 unspecified atom stereocenters. The van der Waals surface area contributed by atoms with Crippen molar-refractivity contribution in [2.24, 2.45) is 0 Å². The molecule has 2 N–H and O–H groups in total. The molecule has 0 radical (unpaired) electrons. The van der Waals surface area contributed by atoms with Gasteiger partial charge in [0, 0.05) is 13.6 Å². The normalized spacial score (nSPS) is 11.4. The van der Waals surface area contributed by atoms with E-state index >= 15 is 0 Å². The van der Waals surface area contributed by atoms with Gasteiger partial charge in [0.05, 0.1) is 11.5 Å². The Kier molecular flexibility index (Phi) is 9.29. The van der Waals surface area contributed by atoms with Gasteiger partial charge in [-0.05, 0) is 57.6 Å². The summed E-state index contributed by atoms with van der Waals surface area (Å²) in [4.78, 5) is 12.1. The number of nitrogens with zero attached hydrogens (tertiary/aromatic N) is 2. The highest BCUT2D eigenvalue weighted by Crippen LogP contribution is 2.15. The molecule has 24 heavy (non-hydrogen) atoms. The Morgan fingerprint density at radius 2 is 2.17 bits per heavy atom. The van der Waals surface area contributed by atoms with Gasteiger partial charge in [0.15, 0.2) is 5.82 Å². The van der Waals surface area contributed by atoms with Gasteiger partial charge in [-0.15, -0.1) is 0 Å². The van der Waals surface area contributed by atoms with Crippen LogP contribution >= 0.6 is 0 Å². The van der Waals surface area contributed by atoms with Crippen molar-refractivity contribution >= 4 is 0 Å². The maximum Gasteiger partial charge on any atom is 0.274 e. The Morgan fingerprint density at radius 3 is 2.83 bits per heavy atom. The first kappa shape index (κ1) is 19.8. The number of benzene rings is 1. The van der Waals surface area contributed by atoms with Crippen LogP contribution < -0.4 is 15.4 Å². The standard InChI is InChI=1S/C17H28N4O3/c1-18-17(14-21(22)23)19-10-6-12-24-16-9-4-7-15(13-16)8-5-11-20(2)3/h4,7,9,13-14,18-19H,5-6,8,10-12H2,1-3H3. The first-order valence-corrected chi connectivity index (χ1v) is 8.14. The third kappa shape index (κ3) is 8.99. The van der Waals surface area contributed by atoms with Gasteiger partial charge in [-0.2, -0.15) is 0 Å². The number of nitro groups is 1. The number of aryl methyl sites for hydroxylation is 1. The lowest BCUT2D eigenvalue weighted by atomic mass is 10.1. The van der Waals surface area contributed by atoms with Crippen molar-refractivity contribution < 1.29 is 9.66 Å². The Bertz CT molecular complexity index is 532. The van der Waals surface area contributed by atoms with Gasteiger partial charge >= 0.3 is 0 Å². The summed E-state index contributed by atoms with van der Waals surface area (Å²) in [5.41, 5.74) is 1.28. The molecule has 0 heterocycles. The molecule has 0 bridgehead atoms. The summed E-state index contributed by atoms with van der Waals surface area (Å²) in [5, 5.41) is 16.1. The summed E-state index contributed by atoms with van der Waals surface area (Å²) in [6, 6.07) is 8.16. The first-order chi connectivity index (χ1) is 11.5. The van der Waals surface area contributed by atoms with Crippen LogP contribution in [-0.4, -0.2) is 50.7 Å². The zero-order chi connectivity index (χ0) is 17.8. The van der Waals surface area contributed by atoms with Crippen LogP contribution in [0.15, 0.2) is 36.3 Å². The summed E-state index contributed by atoms with van der Waals surface area (Å²) in [5.74, 6) is 1.26. The van der Waals surface area contributed by atoms with Crippen molar-refractivity contribution in [2.75, 3.05) is 40.8 Å². The smallest absolute Gasteiger partial charge is 0.274 e. The second-order valence-corrected chi connectivity index (χ2v) is 5.76. The van der Waals surface area contributed by atoms with Crippen molar-refractivity contribution in [3.8, 4) is 5.75 Å². The number of hydrogen-bond donors (Lipinski definition) is 2. The predicted molar refractivity (Wildman–Crippen MR) is 95.6 cm³/mol. The monoisotopic (exact) mass is 336 g/mol. The van der Waals surface area contributed by atoms with E-state index in [1.165, 1.54) is 5.56 Å². The number of rotatable bonds is 12. The second kappa shape index (κ2) is 11.3. The molecule has 1 rings (SSSR count). The first-order valence-electron chi connectivity index (χ1n) is 8.14. The molecule has 0 aliphatic heterocycles. The summed E-state index contributed by atoms with van der Waals surface area (Å²) in [6.45, 7) is 2.23. The topological polar surface area (TPSA) is 79.7 Å². The van der Waals surface area contributed by atoms with Gasteiger partial charge in [-0.25, -0.2) is 0 Å². The summed E-state index contributed by atoms with van der Waals surface area (Å²) in [6.07, 6.45) is 3.82. The fraction of sp³-hybridized carbons (Fsp3) is 0.529. The quantitative estimate of drug-likeness (QED) is 0.344. The van der Waals surface area contributed by atoms with Crippen molar-refractivity contribution in [3.05, 3.63) is 52.0 Å². The van der Waals surface area contributed by atoms with Gasteiger partial charge < -0.3 is 20.3 Å². The lowest BCUT2D eigenvalue weighted by Gasteiger charge is -2.11. The van der Waals surface area contributed by atoms with E-state index in [1.807, 2.05) is 12.1 Å². The number of hydrogen-bond acceptors (Lipinski definition) is 6. The highest BCUT2D eigenvalue weighted by molar-refractivity contribution is 5.28. The Morgan fingerprint density at radius 1 is 1.38 bits per heavy atom. The van der Waals surface area contributed by atoms with Gasteiger partial charge in [0.1, 0.15) is 5.75 Å². The molecule has 1 aromatic carbocycles. The number of nitrogens with one attached hydrogen (secondary N) is 2. The number of ether oxygens (including phenoxy) is 1. The Balaban J connectivity index is 2.28. The molecule has 0 amide bonds. The van der Waals surface area contributed by atoms with Crippen molar-refractivity contribution in [3.63, 3.8) is 0 Å². The zero-order valence-corrected chi connectivity index (χ0v) is 14.7. The highest BCUT2D eigenvalue weighted by Gasteiger charge is 2.01. The molecule has 134 valence electrons. The van der Waals surface area contributed by atoms with E-state index in [4.69, 9.17) is 4.74 Å². The third-order valence-electron chi connectivity index (χ3n) is 3.38. The Labute approximate surface area is 143 Å². The molecule has 0 fully saturated rings. The molecular formula is C17H28N4O3. The molecule has 0 saturated carbocycles. The minimum atomic E-state index is -0.489. The minimum absolute atomic E-state index is 0.392. The fourth-order valence-electron chi connectivity index (χ4n) is 2.18. The van der Waals surface area contributed by atoms with Crippen LogP contribution in [-0.2, 0) is 6.42 Å². The maximum atomic E-state index is 10.4. The predicted octanol–water partition coefficient (Wildman–Crippen LogP) is 1.83. The van der Waals surface area contributed by atoms with Crippen molar-refractivity contribution in [2.45, 2.75) is 19.3 Å². The van der Waals surface area contributed by atoms with Crippen molar-refractivity contribution in [1.82, 2.24) is 15.5 Å². The largest absolute Gasteiger partial charge is 0.494 e. The molecule has 0 spiro atoms. The third-order valence-corrected chi connectivity index (χ3v) is 3.38. The molecule has 0 aromatic heterocycles. The van der Waals surface area contributed by atoms with Crippen LogP contribution in [0.2, 0.25) is 0 Å². The van der Waals surface area contributed by atoms with E-state index in [0.717, 1.165) is 37.8 Å². The summed E-state index contributed by atoms with van der Waals surface area (Å²) >= 11 is 0. The fourth-order valence-corrected chi connectivity index (χ4v) is 2.18. The van der Waals surface area contributed by atoms with Crippen LogP contribution in [0.25, 0.3) is 0 Å². The summed E-state index contributed by atoms with van der Waals surface area (Å²) < 4.78 is 5.75. The lowest BCUT2D eigenvalue weighted by molar-refractivity contribution is -0.404. The Hall–Kier alpha value is -2.28. The van der Waals surface area contributed by atoms with Gasteiger partial charge in [0.25, 0.3) is 6.20 Å². The molecule has 1 aromatic rings. The zero-order valence-electron chi connectivity index (χ0n) is 14.7. The SMILES string of the molecule is CNC(=C[N+](=O)[O-])NCCCOc1cccc(CCCN(C)C)c1. The second-order valence-electron chi connectivity index (χ2n) is 5.76. The van der Waals surface area contributed by atoms with Gasteiger partial charge in [-0.3, -0.25) is 10.1 Å². The average Bonchev–Trinajstić information content (AvgIpc) is 2.53.